The Balaban J connectivity index is 1.50. The molecule has 0 unspecified atom stereocenters. The van der Waals surface area contributed by atoms with Crippen molar-refractivity contribution in [1.82, 2.24) is 19.6 Å². The van der Waals surface area contributed by atoms with Crippen LogP contribution < -0.4 is 5.32 Å². The minimum Gasteiger partial charge on any atom is -0.336 e. The largest absolute Gasteiger partial charge is 0.416 e. The number of aromatic nitrogens is 2. The molecule has 0 radical (unpaired) electrons. The highest BCUT2D eigenvalue weighted by Gasteiger charge is 2.31. The summed E-state index contributed by atoms with van der Waals surface area (Å²) in [6.07, 6.45) is -4.43. The topological polar surface area (TPSA) is 70.5 Å². The van der Waals surface area contributed by atoms with Gasteiger partial charge in [-0.15, -0.1) is 0 Å². The van der Waals surface area contributed by atoms with Crippen molar-refractivity contribution in [3.8, 4) is 0 Å². The lowest BCUT2D eigenvalue weighted by Crippen LogP contribution is -2.50. The van der Waals surface area contributed by atoms with Crippen molar-refractivity contribution in [3.05, 3.63) is 47.2 Å². The van der Waals surface area contributed by atoms with Gasteiger partial charge < -0.3 is 10.2 Å². The van der Waals surface area contributed by atoms with Crippen molar-refractivity contribution < 1.29 is 22.8 Å². The van der Waals surface area contributed by atoms with Gasteiger partial charge in [-0.25, -0.2) is 0 Å². The molecular formula is C19H22F3N5O2. The van der Waals surface area contributed by atoms with Crippen LogP contribution in [0.15, 0.2) is 30.3 Å². The van der Waals surface area contributed by atoms with Crippen molar-refractivity contribution in [1.29, 1.82) is 0 Å². The lowest BCUT2D eigenvalue weighted by molar-refractivity contribution is -0.137. The second-order valence-electron chi connectivity index (χ2n) is 6.99. The first-order chi connectivity index (χ1) is 13.6. The van der Waals surface area contributed by atoms with Crippen LogP contribution in [0.2, 0.25) is 0 Å². The predicted octanol–water partition coefficient (Wildman–Crippen LogP) is 2.14. The molecule has 1 aliphatic rings. The van der Waals surface area contributed by atoms with E-state index >= 15 is 0 Å². The number of amides is 2. The standard InChI is InChI=1S/C19H22F3N5O2/c1-13-11-16(25(2)24-13)23-17(28)12-26-7-9-27(10-8-26)18(29)14-3-5-15(6-4-14)19(20,21)22/h3-6,11H,7-10,12H2,1-2H3,(H,23,28). The van der Waals surface area contributed by atoms with Crippen LogP contribution >= 0.6 is 0 Å². The van der Waals surface area contributed by atoms with Gasteiger partial charge in [-0.3, -0.25) is 19.2 Å². The number of hydrogen-bond donors (Lipinski definition) is 1. The zero-order chi connectivity index (χ0) is 21.2. The number of anilines is 1. The molecule has 2 heterocycles. The van der Waals surface area contributed by atoms with Gasteiger partial charge in [0.2, 0.25) is 5.91 Å². The Labute approximate surface area is 166 Å². The number of aryl methyl sites for hydroxylation is 2. The first-order valence-corrected chi connectivity index (χ1v) is 9.13. The smallest absolute Gasteiger partial charge is 0.336 e. The zero-order valence-corrected chi connectivity index (χ0v) is 16.2. The number of benzene rings is 1. The molecule has 0 spiro atoms. The SMILES string of the molecule is Cc1cc(NC(=O)CN2CCN(C(=O)c3ccc(C(F)(F)F)cc3)CC2)n(C)n1. The number of carbonyl (C=O) groups is 2. The summed E-state index contributed by atoms with van der Waals surface area (Å²) in [4.78, 5) is 28.2. The van der Waals surface area contributed by atoms with Gasteiger partial charge in [0.25, 0.3) is 5.91 Å². The highest BCUT2D eigenvalue weighted by Crippen LogP contribution is 2.29. The maximum atomic E-state index is 12.6. The molecule has 10 heteroatoms. The van der Waals surface area contributed by atoms with E-state index in [2.05, 4.69) is 10.4 Å². The molecule has 0 atom stereocenters. The summed E-state index contributed by atoms with van der Waals surface area (Å²) in [6, 6.07) is 5.99. The summed E-state index contributed by atoms with van der Waals surface area (Å²) in [5, 5.41) is 6.97. The van der Waals surface area contributed by atoms with Gasteiger partial charge in [-0.1, -0.05) is 0 Å². The molecule has 1 aromatic heterocycles. The first kappa shape index (κ1) is 20.8. The van der Waals surface area contributed by atoms with Gasteiger partial charge >= 0.3 is 6.18 Å². The summed E-state index contributed by atoms with van der Waals surface area (Å²) in [5.74, 6) is 0.132. The number of nitrogens with one attached hydrogen (secondary N) is 1. The number of halogens is 3. The molecule has 1 aliphatic heterocycles. The Morgan fingerprint density at radius 3 is 2.24 bits per heavy atom. The van der Waals surface area contributed by atoms with Crippen LogP contribution in [0.5, 0.6) is 0 Å². The number of rotatable bonds is 4. The highest BCUT2D eigenvalue weighted by atomic mass is 19.4. The number of nitrogens with zero attached hydrogens (tertiary/aromatic N) is 4. The number of hydrogen-bond acceptors (Lipinski definition) is 4. The van der Waals surface area contributed by atoms with Crippen molar-refractivity contribution in [3.63, 3.8) is 0 Å². The summed E-state index contributed by atoms with van der Waals surface area (Å²) in [6.45, 7) is 3.83. The number of alkyl halides is 3. The zero-order valence-electron chi connectivity index (χ0n) is 16.2. The maximum Gasteiger partial charge on any atom is 0.416 e. The highest BCUT2D eigenvalue weighted by molar-refractivity contribution is 5.94. The van der Waals surface area contributed by atoms with Crippen LogP contribution in [0.1, 0.15) is 21.6 Å². The van der Waals surface area contributed by atoms with Crippen LogP contribution in [0, 0.1) is 6.92 Å². The van der Waals surface area contributed by atoms with Crippen LogP contribution in [0.3, 0.4) is 0 Å². The molecule has 29 heavy (non-hydrogen) atoms. The van der Waals surface area contributed by atoms with E-state index in [0.29, 0.717) is 32.0 Å². The Hall–Kier alpha value is -2.88. The Bertz CT molecular complexity index is 884. The number of piperazine rings is 1. The molecule has 1 saturated heterocycles. The molecule has 1 N–H and O–H groups in total. The molecule has 0 bridgehead atoms. The van der Waals surface area contributed by atoms with E-state index in [4.69, 9.17) is 0 Å². The normalized spacial score (nSPS) is 15.4. The molecule has 7 nitrogen and oxygen atoms in total. The minimum absolute atomic E-state index is 0.171. The van der Waals surface area contributed by atoms with Gasteiger partial charge in [0.15, 0.2) is 0 Å². The lowest BCUT2D eigenvalue weighted by Gasteiger charge is -2.34. The average molecular weight is 409 g/mol. The predicted molar refractivity (Wildman–Crippen MR) is 100 cm³/mol. The maximum absolute atomic E-state index is 12.6. The van der Waals surface area contributed by atoms with Gasteiger partial charge in [-0.05, 0) is 31.2 Å². The molecular weight excluding hydrogens is 387 g/mol. The fourth-order valence-electron chi connectivity index (χ4n) is 3.21. The van der Waals surface area contributed by atoms with E-state index in [-0.39, 0.29) is 23.9 Å². The third-order valence-electron chi connectivity index (χ3n) is 4.76. The summed E-state index contributed by atoms with van der Waals surface area (Å²) < 4.78 is 39.5. The van der Waals surface area contributed by atoms with E-state index in [9.17, 15) is 22.8 Å². The minimum atomic E-state index is -4.43. The van der Waals surface area contributed by atoms with E-state index in [1.54, 1.807) is 22.7 Å². The Morgan fingerprint density at radius 2 is 1.72 bits per heavy atom. The van der Waals surface area contributed by atoms with E-state index in [1.807, 2.05) is 11.8 Å². The molecule has 3 rings (SSSR count). The van der Waals surface area contributed by atoms with Crippen LogP contribution in [0.4, 0.5) is 19.0 Å². The Kier molecular flexibility index (Phi) is 5.92. The summed E-state index contributed by atoms with van der Waals surface area (Å²) in [7, 11) is 1.74. The van der Waals surface area contributed by atoms with Crippen molar-refractivity contribution in [2.24, 2.45) is 7.05 Å². The summed E-state index contributed by atoms with van der Waals surface area (Å²) in [5.41, 5.74) is 0.238. The molecule has 156 valence electrons. The number of carbonyl (C=O) groups excluding carboxylic acids is 2. The molecule has 1 aromatic carbocycles. The third-order valence-corrected chi connectivity index (χ3v) is 4.76. The fourth-order valence-corrected chi connectivity index (χ4v) is 3.21. The van der Waals surface area contributed by atoms with Gasteiger partial charge in [0.1, 0.15) is 5.82 Å². The van der Waals surface area contributed by atoms with E-state index < -0.39 is 11.7 Å². The average Bonchev–Trinajstić information content (AvgIpc) is 2.98. The van der Waals surface area contributed by atoms with Gasteiger partial charge in [0, 0.05) is 44.9 Å². The molecule has 0 aliphatic carbocycles. The molecule has 0 saturated carbocycles. The summed E-state index contributed by atoms with van der Waals surface area (Å²) >= 11 is 0. The third kappa shape index (κ3) is 5.14. The van der Waals surface area contributed by atoms with Gasteiger partial charge in [-0.2, -0.15) is 18.3 Å². The van der Waals surface area contributed by atoms with Gasteiger partial charge in [0.05, 0.1) is 17.8 Å². The fraction of sp³-hybridized carbons (Fsp3) is 0.421. The second-order valence-corrected chi connectivity index (χ2v) is 6.99. The second kappa shape index (κ2) is 8.24. The quantitative estimate of drug-likeness (QED) is 0.840. The first-order valence-electron chi connectivity index (χ1n) is 9.13. The van der Waals surface area contributed by atoms with Crippen LogP contribution in [0.25, 0.3) is 0 Å². The van der Waals surface area contributed by atoms with E-state index in [0.717, 1.165) is 17.8 Å². The van der Waals surface area contributed by atoms with Crippen LogP contribution in [-0.4, -0.2) is 64.1 Å². The molecule has 2 aromatic rings. The van der Waals surface area contributed by atoms with Crippen molar-refractivity contribution >= 4 is 17.6 Å². The lowest BCUT2D eigenvalue weighted by atomic mass is 10.1. The molecule has 1 fully saturated rings. The monoisotopic (exact) mass is 409 g/mol. The van der Waals surface area contributed by atoms with Crippen molar-refractivity contribution in [2.75, 3.05) is 38.0 Å². The Morgan fingerprint density at radius 1 is 1.10 bits per heavy atom. The van der Waals surface area contributed by atoms with E-state index in [1.165, 1.54) is 12.1 Å². The molecule has 2 amide bonds. The van der Waals surface area contributed by atoms with Crippen LogP contribution in [-0.2, 0) is 18.0 Å². The van der Waals surface area contributed by atoms with Crippen molar-refractivity contribution in [2.45, 2.75) is 13.1 Å².